The molecule has 0 bridgehead atoms. The molecule has 0 spiro atoms. The number of hydrogen-bond donors (Lipinski definition) is 4. The fraction of sp³-hybridized carbons (Fsp3) is 0.778. The minimum atomic E-state index is -1.92. The van der Waals surface area contributed by atoms with E-state index in [2.05, 4.69) is 10.6 Å². The van der Waals surface area contributed by atoms with E-state index >= 15 is 0 Å². The van der Waals surface area contributed by atoms with Crippen LogP contribution in [0.4, 0.5) is 4.79 Å². The van der Waals surface area contributed by atoms with Crippen LogP contribution in [0.15, 0.2) is 0 Å². The number of nitrogens with one attached hydrogen (secondary N) is 2. The smallest absolute Gasteiger partial charge is 0.337 e. The second-order valence-electron chi connectivity index (χ2n) is 4.03. The maximum absolute atomic E-state index is 11.2. The van der Waals surface area contributed by atoms with Crippen molar-refractivity contribution in [2.45, 2.75) is 37.8 Å². The first kappa shape index (κ1) is 11.8. The first-order valence-corrected chi connectivity index (χ1v) is 4.92. The lowest BCUT2D eigenvalue weighted by atomic mass is 9.93. The Bertz CT molecular complexity index is 261. The highest BCUT2D eigenvalue weighted by Gasteiger charge is 2.30. The molecule has 0 aromatic carbocycles. The average Bonchev–Trinajstić information content (AvgIpc) is 2.08. The molecule has 1 saturated carbocycles. The van der Waals surface area contributed by atoms with Crippen molar-refractivity contribution in [2.24, 2.45) is 0 Å². The highest BCUT2D eigenvalue weighted by molar-refractivity contribution is 5.79. The summed E-state index contributed by atoms with van der Waals surface area (Å²) in [6.07, 6.45) is 3.03. The molecular formula is C9H16N2O4. The molecule has 0 saturated heterocycles. The average molecular weight is 216 g/mol. The van der Waals surface area contributed by atoms with Crippen molar-refractivity contribution >= 4 is 12.0 Å². The van der Waals surface area contributed by atoms with Gasteiger partial charge in [0.25, 0.3) is 0 Å². The van der Waals surface area contributed by atoms with Crippen LogP contribution in [0.3, 0.4) is 0 Å². The number of amides is 2. The Hall–Kier alpha value is -1.30. The highest BCUT2D eigenvalue weighted by atomic mass is 16.4. The van der Waals surface area contributed by atoms with Gasteiger partial charge < -0.3 is 20.8 Å². The number of hydrogen-bond acceptors (Lipinski definition) is 3. The van der Waals surface area contributed by atoms with Gasteiger partial charge in [-0.2, -0.15) is 0 Å². The fourth-order valence-electron chi connectivity index (χ4n) is 1.12. The normalized spacial score (nSPS) is 19.9. The minimum absolute atomic E-state index is 0.194. The van der Waals surface area contributed by atoms with Crippen molar-refractivity contribution < 1.29 is 19.8 Å². The van der Waals surface area contributed by atoms with Crippen molar-refractivity contribution in [1.29, 1.82) is 0 Å². The number of aliphatic carboxylic acids is 1. The SMILES string of the molecule is CC(O)(CNC(=O)NC1CCC1)C(=O)O. The van der Waals surface area contributed by atoms with Gasteiger partial charge in [-0.15, -0.1) is 0 Å². The number of rotatable bonds is 4. The van der Waals surface area contributed by atoms with Gasteiger partial charge in [0.2, 0.25) is 0 Å². The van der Waals surface area contributed by atoms with Crippen LogP contribution in [0.1, 0.15) is 26.2 Å². The van der Waals surface area contributed by atoms with Gasteiger partial charge in [-0.1, -0.05) is 0 Å². The molecule has 6 heteroatoms. The molecule has 1 atom stereocenters. The van der Waals surface area contributed by atoms with Crippen molar-refractivity contribution in [1.82, 2.24) is 10.6 Å². The Labute approximate surface area is 87.7 Å². The number of carbonyl (C=O) groups excluding carboxylic acids is 1. The highest BCUT2D eigenvalue weighted by Crippen LogP contribution is 2.17. The van der Waals surface area contributed by atoms with E-state index in [9.17, 15) is 14.7 Å². The Morgan fingerprint density at radius 3 is 2.47 bits per heavy atom. The topological polar surface area (TPSA) is 98.7 Å². The number of carboxylic acid groups (broad SMARTS) is 1. The van der Waals surface area contributed by atoms with Crippen molar-refractivity contribution in [2.75, 3.05) is 6.54 Å². The lowest BCUT2D eigenvalue weighted by Gasteiger charge is -2.27. The van der Waals surface area contributed by atoms with Crippen LogP contribution in [0.2, 0.25) is 0 Å². The molecule has 0 radical (unpaired) electrons. The monoisotopic (exact) mass is 216 g/mol. The number of carboxylic acids is 1. The summed E-state index contributed by atoms with van der Waals surface area (Å²) in [6, 6.07) is -0.235. The largest absolute Gasteiger partial charge is 0.479 e. The van der Waals surface area contributed by atoms with Gasteiger partial charge in [-0.05, 0) is 26.2 Å². The van der Waals surface area contributed by atoms with E-state index in [4.69, 9.17) is 5.11 Å². The van der Waals surface area contributed by atoms with Gasteiger partial charge in [0.1, 0.15) is 0 Å². The van der Waals surface area contributed by atoms with E-state index in [0.29, 0.717) is 0 Å². The first-order chi connectivity index (χ1) is 6.92. The first-order valence-electron chi connectivity index (χ1n) is 4.92. The Kier molecular flexibility index (Phi) is 3.52. The van der Waals surface area contributed by atoms with Gasteiger partial charge >= 0.3 is 12.0 Å². The van der Waals surface area contributed by atoms with Crippen LogP contribution in [0.5, 0.6) is 0 Å². The second kappa shape index (κ2) is 4.48. The minimum Gasteiger partial charge on any atom is -0.479 e. The predicted octanol–water partition coefficient (Wildman–Crippen LogP) is -0.326. The lowest BCUT2D eigenvalue weighted by molar-refractivity contribution is -0.155. The summed E-state index contributed by atoms with van der Waals surface area (Å²) in [5.74, 6) is -1.36. The van der Waals surface area contributed by atoms with Crippen molar-refractivity contribution in [3.05, 3.63) is 0 Å². The molecule has 15 heavy (non-hydrogen) atoms. The third kappa shape index (κ3) is 3.39. The summed E-state index contributed by atoms with van der Waals surface area (Å²) in [5, 5.41) is 22.9. The maximum atomic E-state index is 11.2. The predicted molar refractivity (Wildman–Crippen MR) is 52.4 cm³/mol. The van der Waals surface area contributed by atoms with E-state index in [1.807, 2.05) is 0 Å². The summed E-state index contributed by atoms with van der Waals surface area (Å²) in [7, 11) is 0. The molecule has 0 aromatic rings. The molecule has 0 heterocycles. The van der Waals surface area contributed by atoms with E-state index < -0.39 is 17.6 Å². The lowest BCUT2D eigenvalue weighted by Crippen LogP contribution is -2.51. The molecule has 86 valence electrons. The van der Waals surface area contributed by atoms with E-state index in [0.717, 1.165) is 26.2 Å². The standard InChI is InChI=1S/C9H16N2O4/c1-9(15,7(12)13)5-10-8(14)11-6-3-2-4-6/h6,15H,2-5H2,1H3,(H,12,13)(H2,10,11,14). The summed E-state index contributed by atoms with van der Waals surface area (Å²) in [5.41, 5.74) is -1.92. The molecule has 0 aromatic heterocycles. The number of aliphatic hydroxyl groups is 1. The molecular weight excluding hydrogens is 200 g/mol. The zero-order valence-corrected chi connectivity index (χ0v) is 8.62. The Balaban J connectivity index is 2.23. The molecule has 1 aliphatic rings. The van der Waals surface area contributed by atoms with Gasteiger partial charge in [-0.3, -0.25) is 0 Å². The zero-order chi connectivity index (χ0) is 11.5. The maximum Gasteiger partial charge on any atom is 0.337 e. The fourth-order valence-corrected chi connectivity index (χ4v) is 1.12. The molecule has 4 N–H and O–H groups in total. The van der Waals surface area contributed by atoms with Crippen LogP contribution >= 0.6 is 0 Å². The van der Waals surface area contributed by atoms with Crippen LogP contribution in [-0.2, 0) is 4.79 Å². The van der Waals surface area contributed by atoms with Gasteiger partial charge in [-0.25, -0.2) is 9.59 Å². The molecule has 1 fully saturated rings. The van der Waals surface area contributed by atoms with E-state index in [1.165, 1.54) is 0 Å². The van der Waals surface area contributed by atoms with Crippen molar-refractivity contribution in [3.63, 3.8) is 0 Å². The van der Waals surface area contributed by atoms with E-state index in [1.54, 1.807) is 0 Å². The van der Waals surface area contributed by atoms with Crippen LogP contribution in [0, 0.1) is 0 Å². The summed E-state index contributed by atoms with van der Waals surface area (Å²) in [6.45, 7) is 0.833. The van der Waals surface area contributed by atoms with Crippen LogP contribution < -0.4 is 10.6 Å². The zero-order valence-electron chi connectivity index (χ0n) is 8.62. The quantitative estimate of drug-likeness (QED) is 0.517. The third-order valence-corrected chi connectivity index (χ3v) is 2.49. The van der Waals surface area contributed by atoms with E-state index in [-0.39, 0.29) is 12.6 Å². The molecule has 2 amide bonds. The van der Waals surface area contributed by atoms with Gasteiger partial charge in [0.05, 0.1) is 6.54 Å². The second-order valence-corrected chi connectivity index (χ2v) is 4.03. The van der Waals surface area contributed by atoms with Gasteiger partial charge in [0, 0.05) is 6.04 Å². The number of urea groups is 1. The molecule has 1 aliphatic carbocycles. The third-order valence-electron chi connectivity index (χ3n) is 2.49. The summed E-state index contributed by atoms with van der Waals surface area (Å²) < 4.78 is 0. The molecule has 6 nitrogen and oxygen atoms in total. The van der Waals surface area contributed by atoms with Crippen molar-refractivity contribution in [3.8, 4) is 0 Å². The number of carbonyl (C=O) groups is 2. The summed E-state index contributed by atoms with van der Waals surface area (Å²) in [4.78, 5) is 21.7. The van der Waals surface area contributed by atoms with Crippen LogP contribution in [0.25, 0.3) is 0 Å². The Morgan fingerprint density at radius 1 is 1.47 bits per heavy atom. The van der Waals surface area contributed by atoms with Crippen LogP contribution in [-0.4, -0.2) is 40.4 Å². The molecule has 0 aliphatic heterocycles. The Morgan fingerprint density at radius 2 is 2.07 bits per heavy atom. The summed E-state index contributed by atoms with van der Waals surface area (Å²) >= 11 is 0. The van der Waals surface area contributed by atoms with Gasteiger partial charge in [0.15, 0.2) is 5.60 Å². The molecule has 1 rings (SSSR count). The molecule has 1 unspecified atom stereocenters.